The van der Waals surface area contributed by atoms with E-state index in [-0.39, 0.29) is 5.97 Å². The van der Waals surface area contributed by atoms with E-state index in [2.05, 4.69) is 24.0 Å². The highest BCUT2D eigenvalue weighted by Crippen LogP contribution is 2.40. The molecule has 0 unspecified atom stereocenters. The lowest BCUT2D eigenvalue weighted by Crippen LogP contribution is -2.06. The summed E-state index contributed by atoms with van der Waals surface area (Å²) < 4.78 is 4.79. The monoisotopic (exact) mass is 287 g/mol. The first-order chi connectivity index (χ1) is 9.70. The minimum atomic E-state index is -0.121. The van der Waals surface area contributed by atoms with Gasteiger partial charge in [0.2, 0.25) is 0 Å². The highest BCUT2D eigenvalue weighted by atomic mass is 32.1. The molecular formula is C16H17NO2S. The molecule has 1 aliphatic carbocycles. The SMILES string of the molecule is COC(=O)C[C@H]1CCc2c1ccc(-c1nccs1)c2C. The number of thiazole rings is 1. The van der Waals surface area contributed by atoms with Crippen molar-refractivity contribution in [2.45, 2.75) is 32.1 Å². The summed E-state index contributed by atoms with van der Waals surface area (Å²) >= 11 is 1.67. The van der Waals surface area contributed by atoms with Gasteiger partial charge in [-0.3, -0.25) is 4.79 Å². The van der Waals surface area contributed by atoms with Crippen molar-refractivity contribution in [2.24, 2.45) is 0 Å². The Morgan fingerprint density at radius 1 is 1.50 bits per heavy atom. The molecule has 1 aromatic carbocycles. The lowest BCUT2D eigenvalue weighted by molar-refractivity contribution is -0.141. The molecule has 0 radical (unpaired) electrons. The Balaban J connectivity index is 1.95. The van der Waals surface area contributed by atoms with Crippen LogP contribution in [0.3, 0.4) is 0 Å². The molecule has 0 N–H and O–H groups in total. The molecule has 3 rings (SSSR count). The van der Waals surface area contributed by atoms with Crippen LogP contribution in [-0.2, 0) is 16.0 Å². The highest BCUT2D eigenvalue weighted by molar-refractivity contribution is 7.13. The Hall–Kier alpha value is -1.68. The van der Waals surface area contributed by atoms with Gasteiger partial charge in [-0.25, -0.2) is 4.98 Å². The van der Waals surface area contributed by atoms with Crippen LogP contribution in [0.25, 0.3) is 10.6 Å². The predicted molar refractivity (Wildman–Crippen MR) is 80.0 cm³/mol. The second-order valence-corrected chi connectivity index (χ2v) is 6.05. The van der Waals surface area contributed by atoms with Crippen LogP contribution in [0.4, 0.5) is 0 Å². The summed E-state index contributed by atoms with van der Waals surface area (Å²) in [5.74, 6) is 0.186. The fourth-order valence-corrected chi connectivity index (χ4v) is 3.77. The Morgan fingerprint density at radius 2 is 2.35 bits per heavy atom. The van der Waals surface area contributed by atoms with E-state index >= 15 is 0 Å². The van der Waals surface area contributed by atoms with E-state index in [1.54, 1.807) is 11.3 Å². The second-order valence-electron chi connectivity index (χ2n) is 5.16. The van der Waals surface area contributed by atoms with Crippen molar-refractivity contribution in [3.63, 3.8) is 0 Å². The van der Waals surface area contributed by atoms with Crippen molar-refractivity contribution in [1.82, 2.24) is 4.98 Å². The first-order valence-corrected chi connectivity index (χ1v) is 7.67. The number of nitrogens with zero attached hydrogens (tertiary/aromatic N) is 1. The summed E-state index contributed by atoms with van der Waals surface area (Å²) in [6.07, 6.45) is 4.40. The molecule has 3 nitrogen and oxygen atoms in total. The van der Waals surface area contributed by atoms with Gasteiger partial charge < -0.3 is 4.74 Å². The van der Waals surface area contributed by atoms with Crippen molar-refractivity contribution >= 4 is 17.3 Å². The van der Waals surface area contributed by atoms with Gasteiger partial charge in [0.15, 0.2) is 0 Å². The molecular weight excluding hydrogens is 270 g/mol. The van der Waals surface area contributed by atoms with E-state index in [4.69, 9.17) is 4.74 Å². The third kappa shape index (κ3) is 2.24. The van der Waals surface area contributed by atoms with Gasteiger partial charge in [-0.2, -0.15) is 0 Å². The number of benzene rings is 1. The number of carbonyl (C=O) groups excluding carboxylic acids is 1. The maximum atomic E-state index is 11.5. The highest BCUT2D eigenvalue weighted by Gasteiger charge is 2.27. The Bertz CT molecular complexity index is 634. The van der Waals surface area contributed by atoms with E-state index in [0.29, 0.717) is 12.3 Å². The van der Waals surface area contributed by atoms with E-state index in [0.717, 1.165) is 17.8 Å². The molecule has 0 amide bonds. The molecule has 4 heteroatoms. The third-order valence-electron chi connectivity index (χ3n) is 4.12. The van der Waals surface area contributed by atoms with Crippen molar-refractivity contribution in [1.29, 1.82) is 0 Å². The first kappa shape index (κ1) is 13.3. The minimum absolute atomic E-state index is 0.121. The van der Waals surface area contributed by atoms with E-state index in [1.807, 2.05) is 11.6 Å². The van der Waals surface area contributed by atoms with Gasteiger partial charge in [-0.15, -0.1) is 11.3 Å². The third-order valence-corrected chi connectivity index (χ3v) is 4.93. The molecule has 0 spiro atoms. The van der Waals surface area contributed by atoms with Crippen LogP contribution in [0.15, 0.2) is 23.7 Å². The fraction of sp³-hybridized carbons (Fsp3) is 0.375. The zero-order chi connectivity index (χ0) is 14.1. The molecule has 20 heavy (non-hydrogen) atoms. The maximum Gasteiger partial charge on any atom is 0.306 e. The first-order valence-electron chi connectivity index (χ1n) is 6.79. The average Bonchev–Trinajstić information content (AvgIpc) is 3.09. The number of fused-ring (bicyclic) bond motifs is 1. The molecule has 0 saturated heterocycles. The van der Waals surface area contributed by atoms with Crippen LogP contribution in [-0.4, -0.2) is 18.1 Å². The number of rotatable bonds is 3. The zero-order valence-electron chi connectivity index (χ0n) is 11.7. The summed E-state index contributed by atoms with van der Waals surface area (Å²) in [5, 5.41) is 3.07. The Kier molecular flexibility index (Phi) is 3.57. The molecule has 1 aromatic heterocycles. The number of esters is 1. The standard InChI is InChI=1S/C16H17NO2S/c1-10-12-4-3-11(9-15(18)19-2)14(12)6-5-13(10)16-17-7-8-20-16/h5-8,11H,3-4,9H2,1-2H3/t11-/m1/s1. The lowest BCUT2D eigenvalue weighted by atomic mass is 9.94. The summed E-state index contributed by atoms with van der Waals surface area (Å²) in [7, 11) is 1.45. The summed E-state index contributed by atoms with van der Waals surface area (Å²) in [6, 6.07) is 4.31. The molecule has 1 aliphatic rings. The molecule has 1 heterocycles. The summed E-state index contributed by atoms with van der Waals surface area (Å²) in [4.78, 5) is 15.9. The molecule has 0 fully saturated rings. The van der Waals surface area contributed by atoms with Crippen molar-refractivity contribution in [2.75, 3.05) is 7.11 Å². The van der Waals surface area contributed by atoms with Gasteiger partial charge >= 0.3 is 5.97 Å². The van der Waals surface area contributed by atoms with Gasteiger partial charge in [0.1, 0.15) is 5.01 Å². The number of ether oxygens (including phenoxy) is 1. The van der Waals surface area contributed by atoms with Crippen LogP contribution in [0, 0.1) is 6.92 Å². The summed E-state index contributed by atoms with van der Waals surface area (Å²) in [6.45, 7) is 2.16. The van der Waals surface area contributed by atoms with Gasteiger partial charge in [-0.1, -0.05) is 12.1 Å². The molecule has 2 aromatic rings. The molecule has 104 valence electrons. The normalized spacial score (nSPS) is 17.0. The quantitative estimate of drug-likeness (QED) is 0.808. The molecule has 0 bridgehead atoms. The number of hydrogen-bond acceptors (Lipinski definition) is 4. The molecule has 0 saturated carbocycles. The molecule has 0 aliphatic heterocycles. The fourth-order valence-electron chi connectivity index (χ4n) is 3.05. The largest absolute Gasteiger partial charge is 0.469 e. The number of aromatic nitrogens is 1. The van der Waals surface area contributed by atoms with Crippen LogP contribution in [0.5, 0.6) is 0 Å². The second kappa shape index (κ2) is 5.37. The number of carbonyl (C=O) groups is 1. The minimum Gasteiger partial charge on any atom is -0.469 e. The molecule has 1 atom stereocenters. The van der Waals surface area contributed by atoms with Crippen LogP contribution in [0.2, 0.25) is 0 Å². The van der Waals surface area contributed by atoms with Gasteiger partial charge in [-0.05, 0) is 42.4 Å². The zero-order valence-corrected chi connectivity index (χ0v) is 12.5. The average molecular weight is 287 g/mol. The van der Waals surface area contributed by atoms with Gasteiger partial charge in [0, 0.05) is 17.1 Å². The Labute approximate surface area is 122 Å². The van der Waals surface area contributed by atoms with Gasteiger partial charge in [0.05, 0.1) is 13.5 Å². The van der Waals surface area contributed by atoms with Crippen molar-refractivity contribution in [3.8, 4) is 10.6 Å². The van der Waals surface area contributed by atoms with Crippen LogP contribution >= 0.6 is 11.3 Å². The predicted octanol–water partition coefficient (Wildman–Crippen LogP) is 3.71. The van der Waals surface area contributed by atoms with Crippen molar-refractivity contribution in [3.05, 3.63) is 40.4 Å². The van der Waals surface area contributed by atoms with E-state index in [1.165, 1.54) is 29.4 Å². The smallest absolute Gasteiger partial charge is 0.306 e. The lowest BCUT2D eigenvalue weighted by Gasteiger charge is -2.13. The Morgan fingerprint density at radius 3 is 3.05 bits per heavy atom. The van der Waals surface area contributed by atoms with E-state index < -0.39 is 0 Å². The number of hydrogen-bond donors (Lipinski definition) is 0. The summed E-state index contributed by atoms with van der Waals surface area (Å²) in [5.41, 5.74) is 5.24. The topological polar surface area (TPSA) is 39.2 Å². The van der Waals surface area contributed by atoms with Crippen LogP contribution < -0.4 is 0 Å². The van der Waals surface area contributed by atoms with E-state index in [9.17, 15) is 4.79 Å². The van der Waals surface area contributed by atoms with Crippen LogP contribution in [0.1, 0.15) is 35.4 Å². The number of methoxy groups -OCH3 is 1. The maximum absolute atomic E-state index is 11.5. The van der Waals surface area contributed by atoms with Crippen molar-refractivity contribution < 1.29 is 9.53 Å². The van der Waals surface area contributed by atoms with Gasteiger partial charge in [0.25, 0.3) is 0 Å².